The van der Waals surface area contributed by atoms with Crippen molar-refractivity contribution in [1.29, 1.82) is 0 Å². The van der Waals surface area contributed by atoms with E-state index in [1.807, 2.05) is 0 Å². The molecule has 1 spiro atoms. The van der Waals surface area contributed by atoms with Crippen LogP contribution in [-0.2, 0) is 4.74 Å². The van der Waals surface area contributed by atoms with Gasteiger partial charge in [0.05, 0.1) is 11.7 Å². The molecule has 0 aromatic carbocycles. The van der Waals surface area contributed by atoms with Gasteiger partial charge in [0.25, 0.3) is 0 Å². The van der Waals surface area contributed by atoms with Crippen LogP contribution in [0.15, 0.2) is 0 Å². The van der Waals surface area contributed by atoms with Gasteiger partial charge >= 0.3 is 0 Å². The van der Waals surface area contributed by atoms with Gasteiger partial charge in [-0.3, -0.25) is 4.90 Å². The maximum Gasteiger partial charge on any atom is 0.0710 e. The molecule has 3 fully saturated rings. The highest BCUT2D eigenvalue weighted by Gasteiger charge is 2.41. The third-order valence-electron chi connectivity index (χ3n) is 5.56. The van der Waals surface area contributed by atoms with Crippen molar-refractivity contribution in [1.82, 2.24) is 4.90 Å². The van der Waals surface area contributed by atoms with E-state index in [1.165, 1.54) is 70.8 Å². The molecule has 1 saturated carbocycles. The van der Waals surface area contributed by atoms with Crippen LogP contribution in [0.2, 0.25) is 0 Å². The van der Waals surface area contributed by atoms with E-state index in [4.69, 9.17) is 10.5 Å². The summed E-state index contributed by atoms with van der Waals surface area (Å²) in [5.41, 5.74) is 6.20. The molecule has 0 bridgehead atoms. The molecular weight excluding hydrogens is 236 g/mol. The van der Waals surface area contributed by atoms with Crippen molar-refractivity contribution in [3.8, 4) is 0 Å². The minimum absolute atomic E-state index is 0.275. The topological polar surface area (TPSA) is 38.5 Å². The van der Waals surface area contributed by atoms with Gasteiger partial charge in [0.1, 0.15) is 0 Å². The molecule has 2 atom stereocenters. The van der Waals surface area contributed by atoms with Crippen molar-refractivity contribution in [2.75, 3.05) is 19.6 Å². The van der Waals surface area contributed by atoms with Crippen LogP contribution in [0.5, 0.6) is 0 Å². The maximum absolute atomic E-state index is 6.50. The van der Waals surface area contributed by atoms with E-state index in [-0.39, 0.29) is 5.60 Å². The molecule has 2 heterocycles. The fourth-order valence-electron chi connectivity index (χ4n) is 4.42. The first-order valence-corrected chi connectivity index (χ1v) is 8.43. The van der Waals surface area contributed by atoms with Crippen LogP contribution in [0.4, 0.5) is 0 Å². The smallest absolute Gasteiger partial charge is 0.0710 e. The van der Waals surface area contributed by atoms with Gasteiger partial charge < -0.3 is 10.5 Å². The molecule has 2 aliphatic heterocycles. The van der Waals surface area contributed by atoms with Crippen LogP contribution in [0.1, 0.15) is 64.2 Å². The summed E-state index contributed by atoms with van der Waals surface area (Å²) in [6.45, 7) is 3.18. The van der Waals surface area contributed by atoms with Gasteiger partial charge in [-0.2, -0.15) is 0 Å². The van der Waals surface area contributed by atoms with E-state index in [0.717, 1.165) is 13.1 Å². The average molecular weight is 266 g/mol. The first kappa shape index (κ1) is 13.8. The Hall–Kier alpha value is -0.120. The number of nitrogens with two attached hydrogens (primary N) is 1. The number of piperidine rings is 1. The van der Waals surface area contributed by atoms with Gasteiger partial charge in [-0.1, -0.05) is 25.7 Å². The van der Waals surface area contributed by atoms with Gasteiger partial charge in [0.15, 0.2) is 0 Å². The normalized spacial score (nSPS) is 35.8. The molecule has 3 rings (SSSR count). The predicted octanol–water partition coefficient (Wildman–Crippen LogP) is 2.68. The largest absolute Gasteiger partial charge is 0.370 e. The summed E-state index contributed by atoms with van der Waals surface area (Å²) in [7, 11) is 0. The van der Waals surface area contributed by atoms with Gasteiger partial charge in [-0.05, 0) is 45.1 Å². The molecular formula is C16H30N2O. The zero-order valence-electron chi connectivity index (χ0n) is 12.3. The van der Waals surface area contributed by atoms with Gasteiger partial charge in [0, 0.05) is 19.1 Å². The standard InChI is InChI=1S/C16H30N2O/c17-12-14-6-2-5-11-18(14)13-15-7-10-16(19-15)8-3-1-4-9-16/h14-15H,1-13,17H2. The lowest BCUT2D eigenvalue weighted by molar-refractivity contribution is -0.0763. The Balaban J connectivity index is 1.53. The van der Waals surface area contributed by atoms with Crippen molar-refractivity contribution >= 4 is 0 Å². The van der Waals surface area contributed by atoms with E-state index in [2.05, 4.69) is 4.90 Å². The summed E-state index contributed by atoms with van der Waals surface area (Å²) in [4.78, 5) is 2.61. The van der Waals surface area contributed by atoms with E-state index in [9.17, 15) is 0 Å². The Kier molecular flexibility index (Phi) is 4.45. The van der Waals surface area contributed by atoms with Crippen LogP contribution in [0.3, 0.4) is 0 Å². The number of hydrogen-bond acceptors (Lipinski definition) is 3. The van der Waals surface area contributed by atoms with Gasteiger partial charge in [-0.25, -0.2) is 0 Å². The minimum Gasteiger partial charge on any atom is -0.370 e. The lowest BCUT2D eigenvalue weighted by Gasteiger charge is -2.38. The van der Waals surface area contributed by atoms with Crippen molar-refractivity contribution in [2.24, 2.45) is 5.73 Å². The first-order valence-electron chi connectivity index (χ1n) is 8.43. The highest BCUT2D eigenvalue weighted by Crippen LogP contribution is 2.42. The summed E-state index contributed by atoms with van der Waals surface area (Å²) in [6.07, 6.45) is 13.8. The zero-order valence-corrected chi connectivity index (χ0v) is 12.3. The fourth-order valence-corrected chi connectivity index (χ4v) is 4.42. The number of likely N-dealkylation sites (tertiary alicyclic amines) is 1. The summed E-state index contributed by atoms with van der Waals surface area (Å²) in [5.74, 6) is 0. The molecule has 2 N–H and O–H groups in total. The molecule has 110 valence electrons. The molecule has 2 unspecified atom stereocenters. The molecule has 0 aromatic rings. The summed E-state index contributed by atoms with van der Waals surface area (Å²) in [6, 6.07) is 0.611. The van der Waals surface area contributed by atoms with Crippen molar-refractivity contribution in [3.05, 3.63) is 0 Å². The molecule has 2 saturated heterocycles. The molecule has 0 radical (unpaired) electrons. The van der Waals surface area contributed by atoms with Crippen molar-refractivity contribution in [2.45, 2.75) is 82.0 Å². The van der Waals surface area contributed by atoms with E-state index < -0.39 is 0 Å². The number of hydrogen-bond donors (Lipinski definition) is 1. The highest BCUT2D eigenvalue weighted by atomic mass is 16.5. The third kappa shape index (κ3) is 3.14. The second-order valence-electron chi connectivity index (χ2n) is 6.90. The number of nitrogens with zero attached hydrogens (tertiary/aromatic N) is 1. The summed E-state index contributed by atoms with van der Waals surface area (Å²) in [5, 5.41) is 0. The summed E-state index contributed by atoms with van der Waals surface area (Å²) >= 11 is 0. The Bertz CT molecular complexity index is 288. The second-order valence-corrected chi connectivity index (χ2v) is 6.90. The Labute approximate surface area is 117 Å². The fraction of sp³-hybridized carbons (Fsp3) is 1.00. The van der Waals surface area contributed by atoms with Crippen LogP contribution in [-0.4, -0.2) is 42.3 Å². The SMILES string of the molecule is NCC1CCCCN1CC1CCC2(CCCCC2)O1. The summed E-state index contributed by atoms with van der Waals surface area (Å²) < 4.78 is 6.50. The third-order valence-corrected chi connectivity index (χ3v) is 5.56. The number of ether oxygens (including phenoxy) is 1. The van der Waals surface area contributed by atoms with Crippen LogP contribution >= 0.6 is 0 Å². The highest BCUT2D eigenvalue weighted by molar-refractivity contribution is 4.93. The molecule has 19 heavy (non-hydrogen) atoms. The van der Waals surface area contributed by atoms with Crippen LogP contribution in [0.25, 0.3) is 0 Å². The second kappa shape index (κ2) is 6.11. The van der Waals surface area contributed by atoms with Gasteiger partial charge in [-0.15, -0.1) is 0 Å². The monoisotopic (exact) mass is 266 g/mol. The molecule has 0 amide bonds. The quantitative estimate of drug-likeness (QED) is 0.853. The zero-order chi connectivity index (χ0) is 13.1. The average Bonchev–Trinajstić information content (AvgIpc) is 2.83. The molecule has 3 nitrogen and oxygen atoms in total. The predicted molar refractivity (Wildman–Crippen MR) is 78.2 cm³/mol. The molecule has 3 heteroatoms. The van der Waals surface area contributed by atoms with Crippen LogP contribution < -0.4 is 5.73 Å². The minimum atomic E-state index is 0.275. The Morgan fingerprint density at radius 1 is 1.00 bits per heavy atom. The number of rotatable bonds is 3. The Morgan fingerprint density at radius 2 is 1.84 bits per heavy atom. The Morgan fingerprint density at radius 3 is 2.63 bits per heavy atom. The molecule has 1 aliphatic carbocycles. The van der Waals surface area contributed by atoms with Crippen LogP contribution in [0, 0.1) is 0 Å². The van der Waals surface area contributed by atoms with Crippen molar-refractivity contribution in [3.63, 3.8) is 0 Å². The maximum atomic E-state index is 6.50. The van der Waals surface area contributed by atoms with Crippen molar-refractivity contribution < 1.29 is 4.74 Å². The van der Waals surface area contributed by atoms with E-state index >= 15 is 0 Å². The molecule has 3 aliphatic rings. The lowest BCUT2D eigenvalue weighted by Crippen LogP contribution is -2.47. The first-order chi connectivity index (χ1) is 9.31. The lowest BCUT2D eigenvalue weighted by atomic mass is 9.83. The van der Waals surface area contributed by atoms with E-state index in [1.54, 1.807) is 0 Å². The van der Waals surface area contributed by atoms with E-state index in [0.29, 0.717) is 12.1 Å². The van der Waals surface area contributed by atoms with Gasteiger partial charge in [0.2, 0.25) is 0 Å². The molecule has 0 aromatic heterocycles.